The zero-order valence-corrected chi connectivity index (χ0v) is 19.6. The molecule has 3 aromatic rings. The summed E-state index contributed by atoms with van der Waals surface area (Å²) >= 11 is 0. The van der Waals surface area contributed by atoms with Gasteiger partial charge in [-0.05, 0) is 11.1 Å². The molecule has 1 atom stereocenters. The van der Waals surface area contributed by atoms with Gasteiger partial charge in [-0.25, -0.2) is 4.98 Å². The second-order valence-corrected chi connectivity index (χ2v) is 6.88. The van der Waals surface area contributed by atoms with Crippen LogP contribution in [0, 0.1) is 0 Å². The van der Waals surface area contributed by atoms with Gasteiger partial charge in [-0.15, -0.1) is 24.0 Å². The number of halogens is 1. The van der Waals surface area contributed by atoms with E-state index in [-0.39, 0.29) is 36.5 Å². The number of nitrogens with zero attached hydrogens (tertiary/aromatic N) is 3. The van der Waals surface area contributed by atoms with Crippen molar-refractivity contribution >= 4 is 29.9 Å². The number of nitrogens with one attached hydrogen (secondary N) is 2. The Labute approximate surface area is 195 Å². The predicted molar refractivity (Wildman–Crippen MR) is 133 cm³/mol. The average Bonchev–Trinajstić information content (AvgIpc) is 3.21. The van der Waals surface area contributed by atoms with Crippen molar-refractivity contribution in [3.8, 4) is 0 Å². The maximum Gasteiger partial charge on any atom is 0.191 e. The lowest BCUT2D eigenvalue weighted by Gasteiger charge is -2.18. The topological polar surface area (TPSA) is 74.5 Å². The minimum absolute atomic E-state index is 0. The van der Waals surface area contributed by atoms with E-state index in [2.05, 4.69) is 49.4 Å². The monoisotopic (exact) mass is 519 g/mol. The molecule has 0 spiro atoms. The van der Waals surface area contributed by atoms with Crippen LogP contribution in [0.25, 0.3) is 0 Å². The lowest BCUT2D eigenvalue weighted by atomic mass is 10.0. The maximum atomic E-state index is 9.71. The zero-order chi connectivity index (χ0) is 20.3. The minimum Gasteiger partial charge on any atom is -0.396 e. The van der Waals surface area contributed by atoms with Gasteiger partial charge >= 0.3 is 0 Å². The summed E-state index contributed by atoms with van der Waals surface area (Å²) < 4.78 is 2.17. The summed E-state index contributed by atoms with van der Waals surface area (Å²) in [5.41, 5.74) is 2.37. The fourth-order valence-electron chi connectivity index (χ4n) is 3.24. The number of rotatable bonds is 9. The SMILES string of the molecule is CN=C(NCCc1nccn1Cc1ccccc1)NCC(CO)c1ccccc1.I. The normalized spacial score (nSPS) is 12.1. The molecule has 3 N–H and O–H groups in total. The van der Waals surface area contributed by atoms with Crippen LogP contribution in [0.3, 0.4) is 0 Å². The van der Waals surface area contributed by atoms with Gasteiger partial charge in [-0.2, -0.15) is 0 Å². The van der Waals surface area contributed by atoms with Gasteiger partial charge in [0.05, 0.1) is 6.61 Å². The van der Waals surface area contributed by atoms with E-state index >= 15 is 0 Å². The molecule has 0 amide bonds. The van der Waals surface area contributed by atoms with Crippen molar-refractivity contribution in [1.29, 1.82) is 0 Å². The van der Waals surface area contributed by atoms with E-state index in [1.165, 1.54) is 5.56 Å². The van der Waals surface area contributed by atoms with Crippen LogP contribution in [-0.2, 0) is 13.0 Å². The molecule has 160 valence electrons. The summed E-state index contributed by atoms with van der Waals surface area (Å²) in [6, 6.07) is 20.4. The third-order valence-corrected chi connectivity index (χ3v) is 4.87. The number of aliphatic hydroxyl groups is 1. The van der Waals surface area contributed by atoms with Gasteiger partial charge in [-0.3, -0.25) is 4.99 Å². The predicted octanol–water partition coefficient (Wildman–Crippen LogP) is 3.03. The molecular weight excluding hydrogens is 489 g/mol. The van der Waals surface area contributed by atoms with Gasteiger partial charge in [0.15, 0.2) is 5.96 Å². The number of benzene rings is 2. The van der Waals surface area contributed by atoms with Crippen LogP contribution >= 0.6 is 24.0 Å². The summed E-state index contributed by atoms with van der Waals surface area (Å²) in [4.78, 5) is 8.77. The number of aliphatic hydroxyl groups excluding tert-OH is 1. The van der Waals surface area contributed by atoms with Gasteiger partial charge in [-0.1, -0.05) is 60.7 Å². The molecule has 3 rings (SSSR count). The smallest absolute Gasteiger partial charge is 0.191 e. The molecule has 0 aliphatic heterocycles. The third kappa shape index (κ3) is 7.14. The minimum atomic E-state index is 0. The molecule has 0 radical (unpaired) electrons. The molecule has 0 aliphatic rings. The lowest BCUT2D eigenvalue weighted by molar-refractivity contribution is 0.265. The standard InChI is InChI=1S/C23H29N5O.HI/c1-24-23(27-16-21(18-29)20-10-6-3-7-11-20)26-13-12-22-25-14-15-28(22)17-19-8-4-2-5-9-19;/h2-11,14-15,21,29H,12-13,16-18H2,1H3,(H2,24,26,27);1H. The van der Waals surface area contributed by atoms with Crippen molar-refractivity contribution in [2.75, 3.05) is 26.7 Å². The first-order valence-corrected chi connectivity index (χ1v) is 9.94. The molecule has 2 aromatic carbocycles. The second-order valence-electron chi connectivity index (χ2n) is 6.88. The van der Waals surface area contributed by atoms with E-state index < -0.39 is 0 Å². The van der Waals surface area contributed by atoms with Crippen molar-refractivity contribution in [2.45, 2.75) is 18.9 Å². The van der Waals surface area contributed by atoms with E-state index in [1.54, 1.807) is 7.05 Å². The molecule has 0 saturated heterocycles. The summed E-state index contributed by atoms with van der Waals surface area (Å²) in [6.07, 6.45) is 4.65. The number of aliphatic imine (C=N–C) groups is 1. The second kappa shape index (κ2) is 13.0. The van der Waals surface area contributed by atoms with Crippen molar-refractivity contribution < 1.29 is 5.11 Å². The Balaban J connectivity index is 0.00000320. The Kier molecular flexibility index (Phi) is 10.4. The fourth-order valence-corrected chi connectivity index (χ4v) is 3.24. The first-order chi connectivity index (χ1) is 14.3. The molecule has 1 unspecified atom stereocenters. The maximum absolute atomic E-state index is 9.71. The van der Waals surface area contributed by atoms with Gasteiger partial charge in [0.2, 0.25) is 0 Å². The molecule has 0 fully saturated rings. The van der Waals surface area contributed by atoms with E-state index in [0.29, 0.717) is 6.54 Å². The van der Waals surface area contributed by atoms with Crippen LogP contribution in [-0.4, -0.2) is 47.4 Å². The quantitative estimate of drug-likeness (QED) is 0.231. The summed E-state index contributed by atoms with van der Waals surface area (Å²) in [5, 5.41) is 16.3. The van der Waals surface area contributed by atoms with Crippen LogP contribution in [0.2, 0.25) is 0 Å². The molecule has 6 nitrogen and oxygen atoms in total. The number of hydrogen-bond donors (Lipinski definition) is 3. The summed E-state index contributed by atoms with van der Waals surface area (Å²) in [6.45, 7) is 2.24. The number of hydrogen-bond acceptors (Lipinski definition) is 3. The number of guanidine groups is 1. The molecule has 1 aromatic heterocycles. The van der Waals surface area contributed by atoms with Gasteiger partial charge < -0.3 is 20.3 Å². The first-order valence-electron chi connectivity index (χ1n) is 9.94. The third-order valence-electron chi connectivity index (χ3n) is 4.87. The number of aromatic nitrogens is 2. The van der Waals surface area contributed by atoms with E-state index in [4.69, 9.17) is 0 Å². The molecule has 0 saturated carbocycles. The highest BCUT2D eigenvalue weighted by Gasteiger charge is 2.11. The van der Waals surface area contributed by atoms with E-state index in [9.17, 15) is 5.11 Å². The largest absolute Gasteiger partial charge is 0.396 e. The molecule has 1 heterocycles. The summed E-state index contributed by atoms with van der Waals surface area (Å²) in [5.74, 6) is 1.79. The van der Waals surface area contributed by atoms with Crippen molar-refractivity contribution in [2.24, 2.45) is 4.99 Å². The van der Waals surface area contributed by atoms with Crippen molar-refractivity contribution in [1.82, 2.24) is 20.2 Å². The lowest BCUT2D eigenvalue weighted by Crippen LogP contribution is -2.40. The van der Waals surface area contributed by atoms with Gasteiger partial charge in [0, 0.05) is 51.4 Å². The van der Waals surface area contributed by atoms with Crippen molar-refractivity contribution in [3.63, 3.8) is 0 Å². The van der Waals surface area contributed by atoms with Crippen LogP contribution in [0.15, 0.2) is 78.0 Å². The molecule has 30 heavy (non-hydrogen) atoms. The van der Waals surface area contributed by atoms with E-state index in [1.807, 2.05) is 48.8 Å². The Morgan fingerprint density at radius 1 is 1.07 bits per heavy atom. The van der Waals surface area contributed by atoms with Gasteiger partial charge in [0.25, 0.3) is 0 Å². The van der Waals surface area contributed by atoms with Crippen LogP contribution < -0.4 is 10.6 Å². The average molecular weight is 519 g/mol. The highest BCUT2D eigenvalue weighted by atomic mass is 127. The van der Waals surface area contributed by atoms with Crippen LogP contribution in [0.1, 0.15) is 22.9 Å². The first kappa shape index (κ1) is 23.9. The van der Waals surface area contributed by atoms with Crippen molar-refractivity contribution in [3.05, 3.63) is 90.0 Å². The Morgan fingerprint density at radius 3 is 2.43 bits per heavy atom. The molecule has 0 aliphatic carbocycles. The Hall–Kier alpha value is -2.39. The van der Waals surface area contributed by atoms with Gasteiger partial charge in [0.1, 0.15) is 5.82 Å². The molecule has 7 heteroatoms. The highest BCUT2D eigenvalue weighted by molar-refractivity contribution is 14.0. The Morgan fingerprint density at radius 2 is 1.77 bits per heavy atom. The summed E-state index contributed by atoms with van der Waals surface area (Å²) in [7, 11) is 1.75. The van der Waals surface area contributed by atoms with E-state index in [0.717, 1.165) is 36.9 Å². The molecule has 0 bridgehead atoms. The van der Waals surface area contributed by atoms with Crippen LogP contribution in [0.4, 0.5) is 0 Å². The van der Waals surface area contributed by atoms with Crippen LogP contribution in [0.5, 0.6) is 0 Å². The number of imidazole rings is 1. The zero-order valence-electron chi connectivity index (χ0n) is 17.2. The Bertz CT molecular complexity index is 883. The fraction of sp³-hybridized carbons (Fsp3) is 0.304. The molecular formula is C23H30IN5O. The highest BCUT2D eigenvalue weighted by Crippen LogP contribution is 2.13.